The Bertz CT molecular complexity index is 971. The topological polar surface area (TPSA) is 40.8 Å². The Morgan fingerprint density at radius 2 is 1.19 bits per heavy atom. The highest BCUT2D eigenvalue weighted by Gasteiger charge is 2.13. The number of fused-ring (bicyclic) bond motifs is 2. The number of hydrogen-bond acceptors (Lipinski definition) is 1. The van der Waals surface area contributed by atoms with Crippen molar-refractivity contribution in [3.05, 3.63) is 84.2 Å². The molecule has 2 N–H and O–H groups in total. The Labute approximate surface area is 159 Å². The number of hydrogen-bond donors (Lipinski definition) is 2. The fourth-order valence-electron chi connectivity index (χ4n) is 3.31. The van der Waals surface area contributed by atoms with Crippen molar-refractivity contribution in [2.24, 2.45) is 0 Å². The van der Waals surface area contributed by atoms with E-state index in [0.29, 0.717) is 0 Å². The highest BCUT2D eigenvalue weighted by molar-refractivity contribution is 5.86. The highest BCUT2D eigenvalue weighted by atomic mass is 16.5. The van der Waals surface area contributed by atoms with Gasteiger partial charge in [0.15, 0.2) is 0 Å². The molecule has 0 unspecified atom stereocenters. The van der Waals surface area contributed by atoms with E-state index in [1.54, 1.807) is 0 Å². The molecule has 0 aliphatic carbocycles. The molecule has 4 aromatic rings. The zero-order valence-corrected chi connectivity index (χ0v) is 15.8. The minimum atomic E-state index is 0.854. The lowest BCUT2D eigenvalue weighted by Crippen LogP contribution is -1.95. The summed E-state index contributed by atoms with van der Waals surface area (Å²) in [6.07, 6.45) is 6.04. The molecule has 2 aromatic carbocycles. The van der Waals surface area contributed by atoms with Crippen LogP contribution in [0.25, 0.3) is 33.3 Å². The van der Waals surface area contributed by atoms with Crippen LogP contribution < -0.4 is 0 Å². The molecule has 3 nitrogen and oxygen atoms in total. The second kappa shape index (κ2) is 7.58. The minimum Gasteiger partial charge on any atom is -0.454 e. The molecule has 3 heteroatoms. The van der Waals surface area contributed by atoms with Gasteiger partial charge in [0, 0.05) is 21.8 Å². The number of ether oxygens (including phenoxy) is 1. The Morgan fingerprint density at radius 3 is 1.59 bits per heavy atom. The van der Waals surface area contributed by atoms with Gasteiger partial charge in [0.2, 0.25) is 0 Å². The number of aromatic nitrogens is 2. The lowest BCUT2D eigenvalue weighted by atomic mass is 10.2. The van der Waals surface area contributed by atoms with Gasteiger partial charge >= 0.3 is 0 Å². The molecule has 4 rings (SSSR count). The van der Waals surface area contributed by atoms with Gasteiger partial charge in [-0.15, -0.1) is 0 Å². The van der Waals surface area contributed by atoms with Crippen molar-refractivity contribution >= 4 is 33.3 Å². The number of aromatic amines is 2. The van der Waals surface area contributed by atoms with Crippen molar-refractivity contribution in [2.75, 3.05) is 0 Å². The minimum absolute atomic E-state index is 0.854. The van der Waals surface area contributed by atoms with Crippen LogP contribution >= 0.6 is 0 Å². The molecular weight excluding hydrogens is 332 g/mol. The number of allylic oxidation sites excluding steroid dienone is 2. The van der Waals surface area contributed by atoms with Gasteiger partial charge in [-0.25, -0.2) is 0 Å². The molecule has 0 saturated carbocycles. The quantitative estimate of drug-likeness (QED) is 0.364. The molecule has 0 aliphatic rings. The summed E-state index contributed by atoms with van der Waals surface area (Å²) in [4.78, 5) is 6.95. The summed E-state index contributed by atoms with van der Waals surface area (Å²) in [6.45, 7) is 4.25. The molecule has 0 bridgehead atoms. The maximum atomic E-state index is 6.42. The number of para-hydroxylation sites is 2. The Morgan fingerprint density at radius 1 is 0.741 bits per heavy atom. The van der Waals surface area contributed by atoms with Gasteiger partial charge in [-0.05, 0) is 49.3 Å². The van der Waals surface area contributed by atoms with Crippen molar-refractivity contribution in [3.8, 4) is 0 Å². The van der Waals surface area contributed by atoms with Crippen LogP contribution in [0.1, 0.15) is 38.1 Å². The molecular formula is C24H24N2O. The van der Waals surface area contributed by atoms with E-state index >= 15 is 0 Å². The first kappa shape index (κ1) is 17.2. The second-order valence-electron chi connectivity index (χ2n) is 6.60. The van der Waals surface area contributed by atoms with Crippen LogP contribution in [0.2, 0.25) is 0 Å². The zero-order valence-electron chi connectivity index (χ0n) is 15.8. The van der Waals surface area contributed by atoms with E-state index in [1.165, 1.54) is 10.8 Å². The van der Waals surface area contributed by atoms with E-state index in [1.807, 2.05) is 12.1 Å². The van der Waals surface area contributed by atoms with Gasteiger partial charge in [0.05, 0.1) is 11.4 Å². The third-order valence-electron chi connectivity index (χ3n) is 4.59. The molecule has 0 fully saturated rings. The summed E-state index contributed by atoms with van der Waals surface area (Å²) in [5.41, 5.74) is 4.22. The molecule has 0 atom stereocenters. The van der Waals surface area contributed by atoms with Crippen LogP contribution in [0.15, 0.2) is 72.8 Å². The van der Waals surface area contributed by atoms with Gasteiger partial charge in [0.25, 0.3) is 0 Å². The van der Waals surface area contributed by atoms with Gasteiger partial charge in [-0.2, -0.15) is 0 Å². The summed E-state index contributed by atoms with van der Waals surface area (Å²) in [6, 6.07) is 20.9. The van der Waals surface area contributed by atoms with Crippen LogP contribution in [-0.4, -0.2) is 9.97 Å². The standard InChI is InChI=1S/C24H24N2O/c1-3-9-23(21-15-17-11-5-7-13-19(17)25-21)27-24(10-4-2)22-16-18-12-6-8-14-20(18)26-22/h5-16,25-26H,3-4H2,1-2H3/b23-9-,24-10-. The molecule has 136 valence electrons. The first-order chi connectivity index (χ1) is 13.3. The molecule has 0 spiro atoms. The lowest BCUT2D eigenvalue weighted by Gasteiger charge is -2.12. The van der Waals surface area contributed by atoms with E-state index in [2.05, 4.69) is 84.5 Å². The lowest BCUT2D eigenvalue weighted by molar-refractivity contribution is 0.463. The molecule has 0 saturated heterocycles. The number of rotatable bonds is 6. The van der Waals surface area contributed by atoms with E-state index in [0.717, 1.165) is 46.8 Å². The average Bonchev–Trinajstić information content (AvgIpc) is 3.31. The van der Waals surface area contributed by atoms with Crippen molar-refractivity contribution in [1.29, 1.82) is 0 Å². The molecule has 27 heavy (non-hydrogen) atoms. The SMILES string of the molecule is CC/C=C(\O/C(=C\CC)c1cc2ccccc2[nH]1)c1cc2ccccc2[nH]1. The van der Waals surface area contributed by atoms with Crippen LogP contribution in [0.3, 0.4) is 0 Å². The van der Waals surface area contributed by atoms with Crippen molar-refractivity contribution < 1.29 is 4.74 Å². The Balaban J connectivity index is 1.71. The molecule has 0 aliphatic heterocycles. The van der Waals surface area contributed by atoms with Crippen molar-refractivity contribution in [2.45, 2.75) is 26.7 Å². The maximum Gasteiger partial charge on any atom is 0.146 e. The number of H-pyrrole nitrogens is 2. The van der Waals surface area contributed by atoms with Gasteiger partial charge in [-0.3, -0.25) is 0 Å². The smallest absolute Gasteiger partial charge is 0.146 e. The first-order valence-corrected chi connectivity index (χ1v) is 9.53. The van der Waals surface area contributed by atoms with E-state index < -0.39 is 0 Å². The zero-order chi connectivity index (χ0) is 18.6. The summed E-state index contributed by atoms with van der Waals surface area (Å²) < 4.78 is 6.42. The van der Waals surface area contributed by atoms with Gasteiger partial charge < -0.3 is 14.7 Å². The molecule has 2 aromatic heterocycles. The predicted octanol–water partition coefficient (Wildman–Crippen LogP) is 6.87. The molecule has 0 amide bonds. The summed E-state index contributed by atoms with van der Waals surface area (Å²) >= 11 is 0. The normalized spacial score (nSPS) is 12.8. The van der Waals surface area contributed by atoms with Gasteiger partial charge in [0.1, 0.15) is 11.5 Å². The molecule has 0 radical (unpaired) electrons. The third-order valence-corrected chi connectivity index (χ3v) is 4.59. The van der Waals surface area contributed by atoms with E-state index in [4.69, 9.17) is 4.74 Å². The van der Waals surface area contributed by atoms with Crippen molar-refractivity contribution in [1.82, 2.24) is 9.97 Å². The fourth-order valence-corrected chi connectivity index (χ4v) is 3.31. The predicted molar refractivity (Wildman–Crippen MR) is 114 cm³/mol. The third kappa shape index (κ3) is 3.54. The molecule has 2 heterocycles. The van der Waals surface area contributed by atoms with Crippen LogP contribution in [0, 0.1) is 0 Å². The van der Waals surface area contributed by atoms with Gasteiger partial charge in [-0.1, -0.05) is 50.2 Å². The maximum absolute atomic E-state index is 6.42. The summed E-state index contributed by atoms with van der Waals surface area (Å²) in [5, 5.41) is 2.37. The van der Waals surface area contributed by atoms with Crippen molar-refractivity contribution in [3.63, 3.8) is 0 Å². The fraction of sp³-hybridized carbons (Fsp3) is 0.167. The van der Waals surface area contributed by atoms with Crippen LogP contribution in [0.5, 0.6) is 0 Å². The largest absolute Gasteiger partial charge is 0.454 e. The first-order valence-electron chi connectivity index (χ1n) is 9.53. The average molecular weight is 356 g/mol. The second-order valence-corrected chi connectivity index (χ2v) is 6.60. The summed E-state index contributed by atoms with van der Waals surface area (Å²) in [5.74, 6) is 1.71. The van der Waals surface area contributed by atoms with E-state index in [-0.39, 0.29) is 0 Å². The Hall–Kier alpha value is -3.20. The highest BCUT2D eigenvalue weighted by Crippen LogP contribution is 2.29. The monoisotopic (exact) mass is 356 g/mol. The number of benzene rings is 2. The number of nitrogens with one attached hydrogen (secondary N) is 2. The summed E-state index contributed by atoms with van der Waals surface area (Å²) in [7, 11) is 0. The Kier molecular flexibility index (Phi) is 4.84. The van der Waals surface area contributed by atoms with Crippen LogP contribution in [0.4, 0.5) is 0 Å². The van der Waals surface area contributed by atoms with Crippen LogP contribution in [-0.2, 0) is 4.74 Å². The van der Waals surface area contributed by atoms with E-state index in [9.17, 15) is 0 Å².